The Morgan fingerprint density at radius 2 is 1.65 bits per heavy atom. The minimum Gasteiger partial charge on any atom is -0.463 e. The number of esters is 1. The average molecular weight is 431 g/mol. The topological polar surface area (TPSA) is 26.3 Å². The van der Waals surface area contributed by atoms with Gasteiger partial charge < -0.3 is 4.74 Å². The van der Waals surface area contributed by atoms with Crippen LogP contribution in [-0.2, 0) is 9.53 Å². The summed E-state index contributed by atoms with van der Waals surface area (Å²) in [7, 11) is 0. The third-order valence-corrected chi connectivity index (χ3v) is 11.0. The summed E-state index contributed by atoms with van der Waals surface area (Å²) < 4.78 is 5.65. The molecular weight excluding hydrogens is 380 g/mol. The second-order valence-corrected chi connectivity index (χ2v) is 13.0. The molecule has 4 fully saturated rings. The molecule has 0 bridgehead atoms. The van der Waals surface area contributed by atoms with Crippen molar-refractivity contribution in [2.45, 2.75) is 131 Å². The molecule has 2 nitrogen and oxygen atoms in total. The molecule has 0 aromatic heterocycles. The molecule has 0 N–H and O–H groups in total. The van der Waals surface area contributed by atoms with Crippen LogP contribution in [0.15, 0.2) is 0 Å². The summed E-state index contributed by atoms with van der Waals surface area (Å²) in [5.74, 6) is 5.41. The molecule has 0 heterocycles. The van der Waals surface area contributed by atoms with Crippen molar-refractivity contribution >= 4 is 5.97 Å². The minimum atomic E-state index is -0.0862. The van der Waals surface area contributed by atoms with E-state index in [1.807, 2.05) is 0 Å². The van der Waals surface area contributed by atoms with E-state index in [0.717, 1.165) is 48.3 Å². The molecule has 4 aliphatic rings. The Labute approximate surface area is 192 Å². The summed E-state index contributed by atoms with van der Waals surface area (Å²) >= 11 is 0. The third-order valence-electron chi connectivity index (χ3n) is 11.0. The van der Waals surface area contributed by atoms with Gasteiger partial charge >= 0.3 is 5.97 Å². The van der Waals surface area contributed by atoms with Crippen LogP contribution in [0.5, 0.6) is 0 Å². The van der Waals surface area contributed by atoms with Gasteiger partial charge in [-0.15, -0.1) is 0 Å². The molecule has 0 saturated heterocycles. The molecule has 8 atom stereocenters. The minimum absolute atomic E-state index is 0.0862. The zero-order chi connectivity index (χ0) is 22.2. The van der Waals surface area contributed by atoms with Crippen molar-refractivity contribution in [3.63, 3.8) is 0 Å². The number of carbonyl (C=O) groups excluding carboxylic acids is 1. The Hall–Kier alpha value is -0.530. The van der Waals surface area contributed by atoms with E-state index in [9.17, 15) is 4.79 Å². The molecule has 0 aromatic carbocycles. The van der Waals surface area contributed by atoms with E-state index < -0.39 is 0 Å². The SMILES string of the molecule is CC(=O)O[C@H]1CC[C@@]2(C)C(CC[C@@H]3C2CC[C@@]2(C)C3CC[C@@H]2CCCCCC(C)C)C1. The Balaban J connectivity index is 1.37. The van der Waals surface area contributed by atoms with E-state index in [2.05, 4.69) is 27.7 Å². The lowest BCUT2D eigenvalue weighted by Crippen LogP contribution is -2.54. The molecule has 3 unspecified atom stereocenters. The van der Waals surface area contributed by atoms with Gasteiger partial charge in [0.2, 0.25) is 0 Å². The third kappa shape index (κ3) is 4.61. The van der Waals surface area contributed by atoms with Crippen molar-refractivity contribution in [1.82, 2.24) is 0 Å². The summed E-state index contributed by atoms with van der Waals surface area (Å²) in [4.78, 5) is 11.5. The van der Waals surface area contributed by atoms with E-state index >= 15 is 0 Å². The molecule has 0 aromatic rings. The van der Waals surface area contributed by atoms with E-state index in [4.69, 9.17) is 4.74 Å². The summed E-state index contributed by atoms with van der Waals surface area (Å²) in [6.07, 6.45) is 19.7. The maximum Gasteiger partial charge on any atom is 0.302 e. The second-order valence-electron chi connectivity index (χ2n) is 13.0. The van der Waals surface area contributed by atoms with Crippen LogP contribution in [0.1, 0.15) is 125 Å². The van der Waals surface area contributed by atoms with Gasteiger partial charge in [-0.1, -0.05) is 53.4 Å². The molecular formula is C29H50O2. The van der Waals surface area contributed by atoms with Crippen LogP contribution < -0.4 is 0 Å². The van der Waals surface area contributed by atoms with E-state index in [0.29, 0.717) is 10.8 Å². The highest BCUT2D eigenvalue weighted by molar-refractivity contribution is 5.66. The fourth-order valence-electron chi connectivity index (χ4n) is 9.26. The first-order valence-corrected chi connectivity index (χ1v) is 13.9. The Kier molecular flexibility index (Phi) is 7.15. The van der Waals surface area contributed by atoms with Crippen LogP contribution in [0.3, 0.4) is 0 Å². The van der Waals surface area contributed by atoms with E-state index in [1.54, 1.807) is 6.92 Å². The Bertz CT molecular complexity index is 626. The van der Waals surface area contributed by atoms with Gasteiger partial charge in [0, 0.05) is 6.92 Å². The summed E-state index contributed by atoms with van der Waals surface area (Å²) in [6, 6.07) is 0. The fraction of sp³-hybridized carbons (Fsp3) is 0.966. The van der Waals surface area contributed by atoms with Crippen molar-refractivity contribution in [1.29, 1.82) is 0 Å². The predicted molar refractivity (Wildman–Crippen MR) is 129 cm³/mol. The van der Waals surface area contributed by atoms with Crippen LogP contribution in [-0.4, -0.2) is 12.1 Å². The molecule has 4 saturated carbocycles. The molecule has 0 amide bonds. The highest BCUT2D eigenvalue weighted by Gasteiger charge is 2.60. The maximum atomic E-state index is 11.5. The summed E-state index contributed by atoms with van der Waals surface area (Å²) in [6.45, 7) is 11.6. The average Bonchev–Trinajstić information content (AvgIpc) is 3.04. The van der Waals surface area contributed by atoms with Crippen LogP contribution in [0.25, 0.3) is 0 Å². The molecule has 2 heteroatoms. The number of fused-ring (bicyclic) bond motifs is 5. The van der Waals surface area contributed by atoms with Crippen molar-refractivity contribution < 1.29 is 9.53 Å². The maximum absolute atomic E-state index is 11.5. The number of ether oxygens (including phenoxy) is 1. The molecule has 4 rings (SSSR count). The molecule has 0 aliphatic heterocycles. The lowest BCUT2D eigenvalue weighted by molar-refractivity contribution is -0.160. The zero-order valence-corrected chi connectivity index (χ0v) is 21.3. The van der Waals surface area contributed by atoms with Crippen LogP contribution in [0.2, 0.25) is 0 Å². The standard InChI is InChI=1S/C29H50O2/c1-20(2)9-7-6-8-10-22-12-14-26-25-13-11-23-19-24(31-21(3)30)15-17-29(23,5)27(25)16-18-28(22,26)4/h20,22-27H,6-19H2,1-5H3/t22-,23?,24-,25-,26?,27?,28+,29-/m0/s1. The van der Waals surface area contributed by atoms with Gasteiger partial charge in [0.1, 0.15) is 6.10 Å². The van der Waals surface area contributed by atoms with Gasteiger partial charge in [0.15, 0.2) is 0 Å². The van der Waals surface area contributed by atoms with Crippen molar-refractivity contribution in [2.24, 2.45) is 46.3 Å². The van der Waals surface area contributed by atoms with Gasteiger partial charge in [0.25, 0.3) is 0 Å². The van der Waals surface area contributed by atoms with Gasteiger partial charge in [-0.25, -0.2) is 0 Å². The summed E-state index contributed by atoms with van der Waals surface area (Å²) in [5.41, 5.74) is 1.12. The molecule has 178 valence electrons. The number of carbonyl (C=O) groups is 1. The Morgan fingerprint density at radius 3 is 2.39 bits per heavy atom. The predicted octanol–water partition coefficient (Wildman–Crippen LogP) is 8.18. The van der Waals surface area contributed by atoms with Crippen molar-refractivity contribution in [3.8, 4) is 0 Å². The first kappa shape index (κ1) is 23.6. The Morgan fingerprint density at radius 1 is 0.903 bits per heavy atom. The van der Waals surface area contributed by atoms with Crippen LogP contribution in [0, 0.1) is 46.3 Å². The van der Waals surface area contributed by atoms with Crippen LogP contribution >= 0.6 is 0 Å². The fourth-order valence-corrected chi connectivity index (χ4v) is 9.26. The molecule has 4 aliphatic carbocycles. The van der Waals surface area contributed by atoms with Gasteiger partial charge in [-0.2, -0.15) is 0 Å². The molecule has 0 radical (unpaired) electrons. The lowest BCUT2D eigenvalue weighted by atomic mass is 9.44. The van der Waals surface area contributed by atoms with E-state index in [1.165, 1.54) is 77.0 Å². The lowest BCUT2D eigenvalue weighted by Gasteiger charge is -2.61. The largest absolute Gasteiger partial charge is 0.463 e. The zero-order valence-electron chi connectivity index (χ0n) is 21.3. The van der Waals surface area contributed by atoms with E-state index in [-0.39, 0.29) is 12.1 Å². The van der Waals surface area contributed by atoms with Gasteiger partial charge in [0.05, 0.1) is 0 Å². The highest BCUT2D eigenvalue weighted by atomic mass is 16.5. The number of unbranched alkanes of at least 4 members (excludes halogenated alkanes) is 2. The van der Waals surface area contributed by atoms with Crippen molar-refractivity contribution in [3.05, 3.63) is 0 Å². The normalized spacial score (nSPS) is 44.5. The van der Waals surface area contributed by atoms with Gasteiger partial charge in [-0.05, 0) is 111 Å². The number of rotatable bonds is 7. The highest BCUT2D eigenvalue weighted by Crippen LogP contribution is 2.68. The second kappa shape index (κ2) is 9.38. The number of hydrogen-bond acceptors (Lipinski definition) is 2. The first-order valence-electron chi connectivity index (χ1n) is 13.9. The van der Waals surface area contributed by atoms with Crippen molar-refractivity contribution in [2.75, 3.05) is 0 Å². The van der Waals surface area contributed by atoms with Crippen LogP contribution in [0.4, 0.5) is 0 Å². The molecule has 31 heavy (non-hydrogen) atoms. The quantitative estimate of drug-likeness (QED) is 0.300. The van der Waals surface area contributed by atoms with Gasteiger partial charge in [-0.3, -0.25) is 4.79 Å². The first-order chi connectivity index (χ1) is 14.7. The monoisotopic (exact) mass is 430 g/mol. The molecule has 0 spiro atoms. The smallest absolute Gasteiger partial charge is 0.302 e. The summed E-state index contributed by atoms with van der Waals surface area (Å²) in [5, 5.41) is 0. The number of hydrogen-bond donors (Lipinski definition) is 0.